The molecule has 0 spiro atoms. The van der Waals surface area contributed by atoms with Gasteiger partial charge in [0.05, 0.1) is 6.54 Å². The maximum atomic E-state index is 10.6. The van der Waals surface area contributed by atoms with Crippen LogP contribution in [0.5, 0.6) is 0 Å². The summed E-state index contributed by atoms with van der Waals surface area (Å²) in [6, 6.07) is 0. The van der Waals surface area contributed by atoms with Crippen LogP contribution in [0.3, 0.4) is 0 Å². The third-order valence-corrected chi connectivity index (χ3v) is 1.45. The topological polar surface area (TPSA) is 94.0 Å². The normalized spacial score (nSPS) is 15.5. The number of hydrogen-bond donors (Lipinski definition) is 2. The Labute approximate surface area is 69.0 Å². The second-order valence-electron chi connectivity index (χ2n) is 2.82. The van der Waals surface area contributed by atoms with Gasteiger partial charge in [0.15, 0.2) is 0 Å². The molecule has 1 rings (SSSR count). The number of aliphatic carboxylic acids is 1. The highest BCUT2D eigenvalue weighted by molar-refractivity contribution is 5.77. The van der Waals surface area contributed by atoms with E-state index >= 15 is 0 Å². The highest BCUT2D eigenvalue weighted by Crippen LogP contribution is 2.01. The van der Waals surface area contributed by atoms with Crippen LogP contribution in [0.4, 0.5) is 0 Å². The molecule has 1 atom stereocenters. The molecule has 66 valence electrons. The van der Waals surface area contributed by atoms with Gasteiger partial charge in [0.1, 0.15) is 18.2 Å². The van der Waals surface area contributed by atoms with Gasteiger partial charge >= 0.3 is 5.97 Å². The van der Waals surface area contributed by atoms with Crippen LogP contribution in [-0.2, 0) is 11.3 Å². The summed E-state index contributed by atoms with van der Waals surface area (Å²) < 4.78 is 1.38. The second-order valence-corrected chi connectivity index (χ2v) is 2.82. The number of hydrogen-bond acceptors (Lipinski definition) is 4. The van der Waals surface area contributed by atoms with E-state index in [4.69, 9.17) is 10.8 Å². The van der Waals surface area contributed by atoms with Crippen LogP contribution in [0.25, 0.3) is 0 Å². The molecule has 0 aliphatic carbocycles. The third kappa shape index (κ3) is 1.79. The highest BCUT2D eigenvalue weighted by atomic mass is 16.4. The molecule has 0 amide bonds. The Morgan fingerprint density at radius 3 is 2.92 bits per heavy atom. The number of rotatable bonds is 3. The number of nitrogens with two attached hydrogens (primary N) is 1. The monoisotopic (exact) mass is 170 g/mol. The van der Waals surface area contributed by atoms with Gasteiger partial charge < -0.3 is 10.8 Å². The SMILES string of the molecule is C[C@](N)(Cn1cncn1)C(=O)O. The lowest BCUT2D eigenvalue weighted by Gasteiger charge is -2.17. The molecule has 1 aromatic heterocycles. The minimum absolute atomic E-state index is 0.113. The summed E-state index contributed by atoms with van der Waals surface area (Å²) in [5.74, 6) is -1.06. The first-order valence-corrected chi connectivity index (χ1v) is 3.37. The molecule has 0 saturated heterocycles. The molecule has 0 aromatic carbocycles. The average Bonchev–Trinajstić information content (AvgIpc) is 2.38. The van der Waals surface area contributed by atoms with E-state index in [1.165, 1.54) is 24.3 Å². The van der Waals surface area contributed by atoms with Gasteiger partial charge in [0.2, 0.25) is 0 Å². The van der Waals surface area contributed by atoms with Crippen molar-refractivity contribution in [2.45, 2.75) is 19.0 Å². The molecule has 3 N–H and O–H groups in total. The van der Waals surface area contributed by atoms with E-state index in [9.17, 15) is 4.79 Å². The summed E-state index contributed by atoms with van der Waals surface area (Å²) in [4.78, 5) is 14.2. The first kappa shape index (κ1) is 8.66. The first-order valence-electron chi connectivity index (χ1n) is 3.37. The lowest BCUT2D eigenvalue weighted by atomic mass is 10.1. The standard InChI is InChI=1S/C6H10N4O2/c1-6(7,5(11)12)2-10-4-8-3-9-10/h3-4H,2,7H2,1H3,(H,11,12)/t6-/m0/s1. The minimum Gasteiger partial charge on any atom is -0.480 e. The van der Waals surface area contributed by atoms with Crippen molar-refractivity contribution in [3.05, 3.63) is 12.7 Å². The van der Waals surface area contributed by atoms with Gasteiger partial charge in [0.25, 0.3) is 0 Å². The first-order chi connectivity index (χ1) is 5.52. The smallest absolute Gasteiger partial charge is 0.325 e. The second kappa shape index (κ2) is 2.90. The Morgan fingerprint density at radius 2 is 2.50 bits per heavy atom. The Kier molecular flexibility index (Phi) is 2.09. The molecule has 0 aliphatic heterocycles. The van der Waals surface area contributed by atoms with Gasteiger partial charge in [-0.25, -0.2) is 4.98 Å². The zero-order chi connectivity index (χ0) is 9.19. The van der Waals surface area contributed by atoms with Gasteiger partial charge in [-0.15, -0.1) is 0 Å². The third-order valence-electron chi connectivity index (χ3n) is 1.45. The van der Waals surface area contributed by atoms with Crippen LogP contribution in [0.2, 0.25) is 0 Å². The highest BCUT2D eigenvalue weighted by Gasteiger charge is 2.28. The molecule has 0 fully saturated rings. The van der Waals surface area contributed by atoms with Gasteiger partial charge in [-0.05, 0) is 6.92 Å². The quantitative estimate of drug-likeness (QED) is 0.611. The molecule has 1 heterocycles. The van der Waals surface area contributed by atoms with Crippen molar-refractivity contribution in [2.75, 3.05) is 0 Å². The molecule has 0 unspecified atom stereocenters. The van der Waals surface area contributed by atoms with Crippen LogP contribution in [0.1, 0.15) is 6.92 Å². The van der Waals surface area contributed by atoms with Gasteiger partial charge in [-0.3, -0.25) is 9.48 Å². The molecule has 0 radical (unpaired) electrons. The summed E-state index contributed by atoms with van der Waals surface area (Å²) in [5.41, 5.74) is 4.16. The Morgan fingerprint density at radius 1 is 1.83 bits per heavy atom. The van der Waals surface area contributed by atoms with Crippen LogP contribution >= 0.6 is 0 Å². The van der Waals surface area contributed by atoms with Crippen molar-refractivity contribution in [2.24, 2.45) is 5.73 Å². The van der Waals surface area contributed by atoms with Crippen LogP contribution in [0, 0.1) is 0 Å². The van der Waals surface area contributed by atoms with Gasteiger partial charge in [-0.2, -0.15) is 5.10 Å². The fraction of sp³-hybridized carbons (Fsp3) is 0.500. The zero-order valence-electron chi connectivity index (χ0n) is 6.64. The predicted molar refractivity (Wildman–Crippen MR) is 40.3 cm³/mol. The minimum atomic E-state index is -1.30. The number of aromatic nitrogens is 3. The van der Waals surface area contributed by atoms with E-state index in [1.807, 2.05) is 0 Å². The van der Waals surface area contributed by atoms with Crippen molar-refractivity contribution in [3.8, 4) is 0 Å². The van der Waals surface area contributed by atoms with E-state index in [0.29, 0.717) is 0 Å². The summed E-state index contributed by atoms with van der Waals surface area (Å²) in [7, 11) is 0. The van der Waals surface area contributed by atoms with Crippen LogP contribution < -0.4 is 5.73 Å². The predicted octanol–water partition coefficient (Wildman–Crippen LogP) is -0.920. The molecular weight excluding hydrogens is 160 g/mol. The summed E-state index contributed by atoms with van der Waals surface area (Å²) >= 11 is 0. The average molecular weight is 170 g/mol. The van der Waals surface area contributed by atoms with Crippen molar-refractivity contribution >= 4 is 5.97 Å². The van der Waals surface area contributed by atoms with E-state index in [1.54, 1.807) is 0 Å². The largest absolute Gasteiger partial charge is 0.480 e. The van der Waals surface area contributed by atoms with Crippen molar-refractivity contribution < 1.29 is 9.90 Å². The fourth-order valence-corrected chi connectivity index (χ4v) is 0.719. The number of nitrogens with zero attached hydrogens (tertiary/aromatic N) is 3. The fourth-order valence-electron chi connectivity index (χ4n) is 0.719. The van der Waals surface area contributed by atoms with Gasteiger partial charge in [-0.1, -0.05) is 0 Å². The van der Waals surface area contributed by atoms with Gasteiger partial charge in [0, 0.05) is 0 Å². The number of carboxylic acids is 1. The number of carboxylic acid groups (broad SMARTS) is 1. The van der Waals surface area contributed by atoms with Crippen molar-refractivity contribution in [1.82, 2.24) is 14.8 Å². The van der Waals surface area contributed by atoms with E-state index in [2.05, 4.69) is 10.1 Å². The number of carbonyl (C=O) groups is 1. The molecule has 12 heavy (non-hydrogen) atoms. The van der Waals surface area contributed by atoms with Crippen molar-refractivity contribution in [3.63, 3.8) is 0 Å². The molecule has 6 nitrogen and oxygen atoms in total. The zero-order valence-corrected chi connectivity index (χ0v) is 6.64. The lowest BCUT2D eigenvalue weighted by Crippen LogP contribution is -2.48. The molecule has 1 aromatic rings. The molecule has 0 saturated carbocycles. The summed E-state index contributed by atoms with van der Waals surface area (Å²) in [6.45, 7) is 1.54. The summed E-state index contributed by atoms with van der Waals surface area (Å²) in [5, 5.41) is 12.4. The van der Waals surface area contributed by atoms with E-state index in [0.717, 1.165) is 0 Å². The Hall–Kier alpha value is -1.43. The van der Waals surface area contributed by atoms with Crippen molar-refractivity contribution in [1.29, 1.82) is 0 Å². The maximum absolute atomic E-state index is 10.6. The van der Waals surface area contributed by atoms with E-state index in [-0.39, 0.29) is 6.54 Å². The maximum Gasteiger partial charge on any atom is 0.325 e. The van der Waals surface area contributed by atoms with E-state index < -0.39 is 11.5 Å². The summed E-state index contributed by atoms with van der Waals surface area (Å²) in [6.07, 6.45) is 2.76. The molecular formula is C6H10N4O2. The molecule has 0 aliphatic rings. The molecule has 0 bridgehead atoms. The van der Waals surface area contributed by atoms with Crippen LogP contribution in [0.15, 0.2) is 12.7 Å². The molecule has 6 heteroatoms. The van der Waals surface area contributed by atoms with Crippen LogP contribution in [-0.4, -0.2) is 31.4 Å². The lowest BCUT2D eigenvalue weighted by molar-refractivity contribution is -0.143. The Bertz CT molecular complexity index is 267. The Balaban J connectivity index is 2.69.